The van der Waals surface area contributed by atoms with E-state index >= 15 is 0 Å². The number of aromatic nitrogens is 1. The molecule has 1 aromatic rings. The number of methoxy groups -OCH3 is 1. The number of hydrogen-bond acceptors (Lipinski definition) is 5. The molecule has 100 valence electrons. The molecule has 1 unspecified atom stereocenters. The molecule has 0 spiro atoms. The van der Waals surface area contributed by atoms with Crippen LogP contribution in [0.15, 0.2) is 18.3 Å². The number of likely N-dealkylation sites (tertiary alicyclic amines) is 1. The standard InChI is InChI=1S/C13H22N4O/c1-18-10-12-3-2-6-17(9-12)8-11-4-5-13(16-14)15-7-11/h4-5,7,12H,2-3,6,8-10,14H2,1H3,(H,15,16). The summed E-state index contributed by atoms with van der Waals surface area (Å²) in [6, 6.07) is 3.98. The van der Waals surface area contributed by atoms with E-state index in [2.05, 4.69) is 21.4 Å². The third kappa shape index (κ3) is 3.66. The lowest BCUT2D eigenvalue weighted by Gasteiger charge is -2.32. The Balaban J connectivity index is 1.87. The lowest BCUT2D eigenvalue weighted by molar-refractivity contribution is 0.0873. The van der Waals surface area contributed by atoms with E-state index in [4.69, 9.17) is 10.6 Å². The van der Waals surface area contributed by atoms with Gasteiger partial charge in [0.2, 0.25) is 0 Å². The summed E-state index contributed by atoms with van der Waals surface area (Å²) in [6.45, 7) is 4.10. The van der Waals surface area contributed by atoms with Crippen molar-refractivity contribution in [3.63, 3.8) is 0 Å². The Hall–Kier alpha value is -1.17. The van der Waals surface area contributed by atoms with E-state index in [9.17, 15) is 0 Å². The van der Waals surface area contributed by atoms with Gasteiger partial charge in [0.25, 0.3) is 0 Å². The van der Waals surface area contributed by atoms with Gasteiger partial charge in [0.1, 0.15) is 5.82 Å². The van der Waals surface area contributed by atoms with E-state index in [0.29, 0.717) is 11.7 Å². The normalized spacial score (nSPS) is 20.9. The molecule has 1 atom stereocenters. The van der Waals surface area contributed by atoms with Crippen molar-refractivity contribution in [3.8, 4) is 0 Å². The fourth-order valence-corrected chi connectivity index (χ4v) is 2.53. The maximum Gasteiger partial charge on any atom is 0.139 e. The minimum absolute atomic E-state index is 0.668. The zero-order chi connectivity index (χ0) is 12.8. The summed E-state index contributed by atoms with van der Waals surface area (Å²) in [6.07, 6.45) is 4.41. The van der Waals surface area contributed by atoms with Crippen LogP contribution in [0.5, 0.6) is 0 Å². The first-order chi connectivity index (χ1) is 8.81. The average Bonchev–Trinajstić information content (AvgIpc) is 2.40. The summed E-state index contributed by atoms with van der Waals surface area (Å²) in [5, 5.41) is 0. The molecule has 1 fully saturated rings. The highest BCUT2D eigenvalue weighted by Gasteiger charge is 2.19. The molecule has 18 heavy (non-hydrogen) atoms. The summed E-state index contributed by atoms with van der Waals surface area (Å²) in [4.78, 5) is 6.70. The highest BCUT2D eigenvalue weighted by Crippen LogP contribution is 2.18. The monoisotopic (exact) mass is 250 g/mol. The lowest BCUT2D eigenvalue weighted by atomic mass is 9.98. The fourth-order valence-electron chi connectivity index (χ4n) is 2.53. The van der Waals surface area contributed by atoms with Gasteiger partial charge < -0.3 is 10.2 Å². The van der Waals surface area contributed by atoms with Gasteiger partial charge >= 0.3 is 0 Å². The second-order valence-corrected chi connectivity index (χ2v) is 4.89. The van der Waals surface area contributed by atoms with Gasteiger partial charge in [-0.25, -0.2) is 10.8 Å². The van der Waals surface area contributed by atoms with Crippen LogP contribution in [0.1, 0.15) is 18.4 Å². The third-order valence-electron chi connectivity index (χ3n) is 3.38. The van der Waals surface area contributed by atoms with Gasteiger partial charge in [-0.1, -0.05) is 6.07 Å². The molecule has 0 aliphatic carbocycles. The fraction of sp³-hybridized carbons (Fsp3) is 0.615. The molecule has 0 amide bonds. The quantitative estimate of drug-likeness (QED) is 0.608. The second-order valence-electron chi connectivity index (χ2n) is 4.89. The topological polar surface area (TPSA) is 63.4 Å². The molecule has 0 aromatic carbocycles. The van der Waals surface area contributed by atoms with Gasteiger partial charge in [0.15, 0.2) is 0 Å². The highest BCUT2D eigenvalue weighted by molar-refractivity contribution is 5.33. The number of piperidine rings is 1. The number of ether oxygens (including phenoxy) is 1. The molecule has 1 aliphatic rings. The largest absolute Gasteiger partial charge is 0.384 e. The van der Waals surface area contributed by atoms with E-state index in [1.807, 2.05) is 12.3 Å². The van der Waals surface area contributed by atoms with Gasteiger partial charge in [-0.3, -0.25) is 4.90 Å². The van der Waals surface area contributed by atoms with Gasteiger partial charge in [-0.05, 0) is 36.9 Å². The van der Waals surface area contributed by atoms with Gasteiger partial charge in [-0.2, -0.15) is 0 Å². The molecule has 3 N–H and O–H groups in total. The maximum atomic E-state index is 5.30. The Morgan fingerprint density at radius 3 is 3.11 bits per heavy atom. The van der Waals surface area contributed by atoms with Crippen LogP contribution < -0.4 is 11.3 Å². The molecule has 0 bridgehead atoms. The predicted octanol–water partition coefficient (Wildman–Crippen LogP) is 1.23. The molecule has 2 rings (SSSR count). The minimum atomic E-state index is 0.668. The molecular weight excluding hydrogens is 228 g/mol. The minimum Gasteiger partial charge on any atom is -0.384 e. The number of rotatable bonds is 5. The Kier molecular flexibility index (Phi) is 4.92. The van der Waals surface area contributed by atoms with E-state index in [1.165, 1.54) is 18.4 Å². The highest BCUT2D eigenvalue weighted by atomic mass is 16.5. The van der Waals surface area contributed by atoms with Crippen molar-refractivity contribution in [2.24, 2.45) is 11.8 Å². The van der Waals surface area contributed by atoms with Gasteiger partial charge in [0.05, 0.1) is 6.61 Å². The zero-order valence-electron chi connectivity index (χ0n) is 10.9. The van der Waals surface area contributed by atoms with Crippen molar-refractivity contribution in [3.05, 3.63) is 23.9 Å². The van der Waals surface area contributed by atoms with Crippen LogP contribution in [0.2, 0.25) is 0 Å². The van der Waals surface area contributed by atoms with Crippen molar-refractivity contribution >= 4 is 5.82 Å². The van der Waals surface area contributed by atoms with Crippen molar-refractivity contribution < 1.29 is 4.74 Å². The van der Waals surface area contributed by atoms with Crippen molar-refractivity contribution in [2.45, 2.75) is 19.4 Å². The number of pyridine rings is 1. The molecule has 1 aliphatic heterocycles. The molecule has 0 saturated carbocycles. The van der Waals surface area contributed by atoms with E-state index < -0.39 is 0 Å². The van der Waals surface area contributed by atoms with Crippen LogP contribution in [0.4, 0.5) is 5.82 Å². The summed E-state index contributed by atoms with van der Waals surface area (Å²) >= 11 is 0. The number of nitrogen functional groups attached to an aromatic ring is 1. The third-order valence-corrected chi connectivity index (χ3v) is 3.38. The Morgan fingerprint density at radius 2 is 2.44 bits per heavy atom. The molecular formula is C13H22N4O. The van der Waals surface area contributed by atoms with Crippen LogP contribution in [0.3, 0.4) is 0 Å². The predicted molar refractivity (Wildman–Crippen MR) is 71.9 cm³/mol. The number of nitrogens with one attached hydrogen (secondary N) is 1. The summed E-state index contributed by atoms with van der Waals surface area (Å²) < 4.78 is 5.25. The number of nitrogens with zero attached hydrogens (tertiary/aromatic N) is 2. The zero-order valence-corrected chi connectivity index (χ0v) is 10.9. The number of anilines is 1. The number of hydrazine groups is 1. The Labute approximate surface area is 108 Å². The molecule has 2 heterocycles. The molecule has 5 nitrogen and oxygen atoms in total. The first kappa shape index (κ1) is 13.3. The number of hydrogen-bond donors (Lipinski definition) is 2. The first-order valence-electron chi connectivity index (χ1n) is 6.44. The van der Waals surface area contributed by atoms with Crippen LogP contribution in [-0.4, -0.2) is 36.7 Å². The van der Waals surface area contributed by atoms with Crippen molar-refractivity contribution in [1.29, 1.82) is 0 Å². The molecule has 0 radical (unpaired) electrons. The molecule has 5 heteroatoms. The molecule has 1 saturated heterocycles. The van der Waals surface area contributed by atoms with E-state index in [0.717, 1.165) is 26.2 Å². The summed E-state index contributed by atoms with van der Waals surface area (Å²) in [5.74, 6) is 6.67. The van der Waals surface area contributed by atoms with Crippen molar-refractivity contribution in [2.75, 3.05) is 32.2 Å². The van der Waals surface area contributed by atoms with E-state index in [-0.39, 0.29) is 0 Å². The SMILES string of the molecule is COCC1CCCN(Cc2ccc(NN)nc2)C1. The van der Waals surface area contributed by atoms with Gasteiger partial charge in [0, 0.05) is 26.4 Å². The summed E-state index contributed by atoms with van der Waals surface area (Å²) in [7, 11) is 1.78. The lowest BCUT2D eigenvalue weighted by Crippen LogP contribution is -2.36. The second kappa shape index (κ2) is 6.68. The van der Waals surface area contributed by atoms with Crippen LogP contribution in [0, 0.1) is 5.92 Å². The van der Waals surface area contributed by atoms with E-state index in [1.54, 1.807) is 7.11 Å². The van der Waals surface area contributed by atoms with Gasteiger partial charge in [-0.15, -0.1) is 0 Å². The molecule has 1 aromatic heterocycles. The first-order valence-corrected chi connectivity index (χ1v) is 6.44. The van der Waals surface area contributed by atoms with Crippen LogP contribution in [0.25, 0.3) is 0 Å². The van der Waals surface area contributed by atoms with Crippen LogP contribution in [-0.2, 0) is 11.3 Å². The Bertz CT molecular complexity index is 353. The summed E-state index contributed by atoms with van der Waals surface area (Å²) in [5.41, 5.74) is 3.77. The maximum absolute atomic E-state index is 5.30. The Morgan fingerprint density at radius 1 is 1.56 bits per heavy atom. The number of nitrogens with two attached hydrogens (primary N) is 1. The average molecular weight is 250 g/mol. The van der Waals surface area contributed by atoms with Crippen molar-refractivity contribution in [1.82, 2.24) is 9.88 Å². The smallest absolute Gasteiger partial charge is 0.139 e. The van der Waals surface area contributed by atoms with Crippen LogP contribution >= 0.6 is 0 Å².